The second-order valence-electron chi connectivity index (χ2n) is 7.73. The number of fused-ring (bicyclic) bond motifs is 1. The monoisotopic (exact) mass is 441 g/mol. The van der Waals surface area contributed by atoms with Crippen LogP contribution in [0.15, 0.2) is 115 Å². The SMILES string of the molecule is c1ccc(-c2cc(-c3cccc4nc(-c5ccccc5)sc34)nc(-c3ccccc3)n2)cc1. The van der Waals surface area contributed by atoms with E-state index in [9.17, 15) is 0 Å². The summed E-state index contributed by atoms with van der Waals surface area (Å²) in [6.07, 6.45) is 0. The second kappa shape index (κ2) is 8.41. The van der Waals surface area contributed by atoms with Gasteiger partial charge < -0.3 is 0 Å². The molecule has 0 amide bonds. The molecule has 6 rings (SSSR count). The fourth-order valence-electron chi connectivity index (χ4n) is 3.91. The summed E-state index contributed by atoms with van der Waals surface area (Å²) in [5.74, 6) is 0.719. The fraction of sp³-hybridized carbons (Fsp3) is 0. The predicted molar refractivity (Wildman–Crippen MR) is 137 cm³/mol. The van der Waals surface area contributed by atoms with E-state index in [2.05, 4.69) is 60.7 Å². The minimum absolute atomic E-state index is 0.719. The first-order valence-corrected chi connectivity index (χ1v) is 11.6. The Balaban J connectivity index is 1.56. The van der Waals surface area contributed by atoms with Crippen molar-refractivity contribution in [3.63, 3.8) is 0 Å². The molecule has 0 aliphatic heterocycles. The Kier molecular flexibility index (Phi) is 4.98. The summed E-state index contributed by atoms with van der Waals surface area (Å²) in [5, 5.41) is 1.01. The van der Waals surface area contributed by atoms with Crippen molar-refractivity contribution in [1.29, 1.82) is 0 Å². The molecule has 2 heterocycles. The molecular formula is C29H19N3S. The summed E-state index contributed by atoms with van der Waals surface area (Å²) in [4.78, 5) is 14.8. The van der Waals surface area contributed by atoms with E-state index in [0.29, 0.717) is 0 Å². The Labute approximate surface area is 196 Å². The van der Waals surface area contributed by atoms with Crippen molar-refractivity contribution in [2.24, 2.45) is 0 Å². The molecule has 4 aromatic carbocycles. The van der Waals surface area contributed by atoms with Crippen LogP contribution in [0, 0.1) is 0 Å². The Morgan fingerprint density at radius 1 is 0.485 bits per heavy atom. The van der Waals surface area contributed by atoms with E-state index in [4.69, 9.17) is 15.0 Å². The van der Waals surface area contributed by atoms with Crippen LogP contribution in [0.3, 0.4) is 0 Å². The van der Waals surface area contributed by atoms with E-state index < -0.39 is 0 Å². The molecule has 0 saturated heterocycles. The predicted octanol–water partition coefficient (Wildman–Crippen LogP) is 7.75. The van der Waals surface area contributed by atoms with E-state index >= 15 is 0 Å². The van der Waals surface area contributed by atoms with Crippen molar-refractivity contribution in [2.45, 2.75) is 0 Å². The van der Waals surface area contributed by atoms with Crippen molar-refractivity contribution < 1.29 is 0 Å². The van der Waals surface area contributed by atoms with Gasteiger partial charge in [0.25, 0.3) is 0 Å². The van der Waals surface area contributed by atoms with Gasteiger partial charge in [0.2, 0.25) is 0 Å². The van der Waals surface area contributed by atoms with Gasteiger partial charge in [-0.15, -0.1) is 11.3 Å². The lowest BCUT2D eigenvalue weighted by atomic mass is 10.1. The van der Waals surface area contributed by atoms with Gasteiger partial charge in [0, 0.05) is 22.3 Å². The average molecular weight is 442 g/mol. The third-order valence-corrected chi connectivity index (χ3v) is 6.69. The number of aromatic nitrogens is 3. The summed E-state index contributed by atoms with van der Waals surface area (Å²) in [6, 6.07) is 39.1. The van der Waals surface area contributed by atoms with Crippen LogP contribution in [0.1, 0.15) is 0 Å². The molecule has 4 heteroatoms. The first-order chi connectivity index (χ1) is 16.3. The molecule has 0 radical (unpaired) electrons. The summed E-state index contributed by atoms with van der Waals surface area (Å²) in [5.41, 5.74) is 7.06. The van der Waals surface area contributed by atoms with Crippen LogP contribution in [0.25, 0.3) is 54.7 Å². The van der Waals surface area contributed by atoms with E-state index in [1.54, 1.807) is 11.3 Å². The number of rotatable bonds is 4. The minimum atomic E-state index is 0.719. The van der Waals surface area contributed by atoms with Crippen molar-refractivity contribution >= 4 is 21.6 Å². The zero-order chi connectivity index (χ0) is 22.0. The van der Waals surface area contributed by atoms with Gasteiger partial charge in [-0.2, -0.15) is 0 Å². The van der Waals surface area contributed by atoms with E-state index in [-0.39, 0.29) is 0 Å². The lowest BCUT2D eigenvalue weighted by Crippen LogP contribution is -1.95. The lowest BCUT2D eigenvalue weighted by Gasteiger charge is -2.09. The standard InChI is InChI=1S/C29H19N3S/c1-4-11-20(12-5-1)25-19-26(31-28(30-25)21-13-6-2-7-14-21)23-17-10-18-24-27(23)33-29(32-24)22-15-8-3-9-16-22/h1-19H. The van der Waals surface area contributed by atoms with Crippen LogP contribution in [0.2, 0.25) is 0 Å². The molecule has 0 fully saturated rings. The molecule has 0 aliphatic rings. The Bertz CT molecular complexity index is 1480. The fourth-order valence-corrected chi connectivity index (χ4v) is 5.01. The number of thiazole rings is 1. The Morgan fingerprint density at radius 3 is 1.79 bits per heavy atom. The summed E-state index contributed by atoms with van der Waals surface area (Å²) in [6.45, 7) is 0. The number of benzene rings is 4. The van der Waals surface area contributed by atoms with Crippen LogP contribution in [0.5, 0.6) is 0 Å². The first kappa shape index (κ1) is 19.5. The number of hydrogen-bond acceptors (Lipinski definition) is 4. The van der Waals surface area contributed by atoms with Gasteiger partial charge in [-0.3, -0.25) is 0 Å². The maximum Gasteiger partial charge on any atom is 0.160 e. The van der Waals surface area contributed by atoms with Gasteiger partial charge in [-0.05, 0) is 12.1 Å². The van der Waals surface area contributed by atoms with E-state index in [0.717, 1.165) is 54.7 Å². The average Bonchev–Trinajstić information content (AvgIpc) is 3.35. The third-order valence-electron chi connectivity index (χ3n) is 5.54. The topological polar surface area (TPSA) is 38.7 Å². The van der Waals surface area contributed by atoms with Crippen LogP contribution >= 0.6 is 11.3 Å². The zero-order valence-electron chi connectivity index (χ0n) is 17.7. The van der Waals surface area contributed by atoms with Crippen molar-refractivity contribution in [1.82, 2.24) is 15.0 Å². The quantitative estimate of drug-likeness (QED) is 0.281. The molecule has 0 aliphatic carbocycles. The maximum atomic E-state index is 5.00. The molecule has 0 spiro atoms. The number of nitrogens with zero attached hydrogens (tertiary/aromatic N) is 3. The van der Waals surface area contributed by atoms with Crippen molar-refractivity contribution in [3.8, 4) is 44.5 Å². The molecule has 6 aromatic rings. The first-order valence-electron chi connectivity index (χ1n) is 10.8. The molecule has 0 unspecified atom stereocenters. The van der Waals surface area contributed by atoms with Crippen LogP contribution < -0.4 is 0 Å². The molecule has 2 aromatic heterocycles. The highest BCUT2D eigenvalue weighted by Crippen LogP contribution is 2.37. The van der Waals surface area contributed by atoms with Gasteiger partial charge in [0.15, 0.2) is 5.82 Å². The van der Waals surface area contributed by atoms with Gasteiger partial charge in [-0.1, -0.05) is 103 Å². The largest absolute Gasteiger partial charge is 0.236 e. The lowest BCUT2D eigenvalue weighted by molar-refractivity contribution is 1.19. The summed E-state index contributed by atoms with van der Waals surface area (Å²) >= 11 is 1.70. The Hall–Kier alpha value is -4.15. The molecule has 3 nitrogen and oxygen atoms in total. The highest BCUT2D eigenvalue weighted by Gasteiger charge is 2.15. The van der Waals surface area contributed by atoms with Gasteiger partial charge >= 0.3 is 0 Å². The van der Waals surface area contributed by atoms with Crippen molar-refractivity contribution in [3.05, 3.63) is 115 Å². The van der Waals surface area contributed by atoms with E-state index in [1.165, 1.54) is 0 Å². The molecule has 0 bridgehead atoms. The molecule has 156 valence electrons. The van der Waals surface area contributed by atoms with Gasteiger partial charge in [-0.25, -0.2) is 15.0 Å². The highest BCUT2D eigenvalue weighted by molar-refractivity contribution is 7.22. The maximum absolute atomic E-state index is 5.00. The van der Waals surface area contributed by atoms with Gasteiger partial charge in [0.05, 0.1) is 21.6 Å². The molecule has 33 heavy (non-hydrogen) atoms. The van der Waals surface area contributed by atoms with Crippen LogP contribution in [0.4, 0.5) is 0 Å². The van der Waals surface area contributed by atoms with Crippen LogP contribution in [-0.2, 0) is 0 Å². The van der Waals surface area contributed by atoms with E-state index in [1.807, 2.05) is 54.6 Å². The van der Waals surface area contributed by atoms with Crippen LogP contribution in [-0.4, -0.2) is 15.0 Å². The minimum Gasteiger partial charge on any atom is -0.236 e. The molecule has 0 atom stereocenters. The molecule has 0 saturated carbocycles. The molecule has 0 N–H and O–H groups in total. The third kappa shape index (κ3) is 3.81. The summed E-state index contributed by atoms with van der Waals surface area (Å²) in [7, 11) is 0. The smallest absolute Gasteiger partial charge is 0.160 e. The second-order valence-corrected chi connectivity index (χ2v) is 8.73. The molecular weight excluding hydrogens is 422 g/mol. The number of hydrogen-bond donors (Lipinski definition) is 0. The summed E-state index contributed by atoms with van der Waals surface area (Å²) < 4.78 is 1.13. The van der Waals surface area contributed by atoms with Crippen molar-refractivity contribution in [2.75, 3.05) is 0 Å². The zero-order valence-corrected chi connectivity index (χ0v) is 18.5. The Morgan fingerprint density at radius 2 is 1.09 bits per heavy atom. The highest BCUT2D eigenvalue weighted by atomic mass is 32.1. The normalized spacial score (nSPS) is 11.0. The van der Waals surface area contributed by atoms with Gasteiger partial charge in [0.1, 0.15) is 5.01 Å².